The van der Waals surface area contributed by atoms with E-state index in [1.165, 1.54) is 25.7 Å². The summed E-state index contributed by atoms with van der Waals surface area (Å²) >= 11 is 1.84. The van der Waals surface area contributed by atoms with Crippen LogP contribution in [0.2, 0.25) is 0 Å². The molecule has 1 aromatic heterocycles. The molecule has 17 heavy (non-hydrogen) atoms. The molecule has 1 heterocycles. The fourth-order valence-electron chi connectivity index (χ4n) is 2.13. The third-order valence-corrected chi connectivity index (χ3v) is 4.07. The molecule has 1 aromatic rings. The lowest BCUT2D eigenvalue weighted by molar-refractivity contribution is 0.657. The molecule has 1 saturated carbocycles. The van der Waals surface area contributed by atoms with E-state index in [2.05, 4.69) is 28.8 Å². The second-order valence-electron chi connectivity index (χ2n) is 4.81. The molecule has 0 aromatic carbocycles. The fourth-order valence-corrected chi connectivity index (χ4v) is 2.74. The molecule has 0 bridgehead atoms. The Kier molecular flexibility index (Phi) is 4.20. The highest BCUT2D eigenvalue weighted by atomic mass is 32.2. The SMILES string of the molecule is CC(C)SCc1nc(N)nc(C2CCCC2)n1. The molecule has 94 valence electrons. The second-order valence-corrected chi connectivity index (χ2v) is 6.37. The molecule has 2 rings (SSSR count). The number of nitrogen functional groups attached to an aromatic ring is 1. The van der Waals surface area contributed by atoms with Gasteiger partial charge in [0.25, 0.3) is 0 Å². The van der Waals surface area contributed by atoms with Crippen LogP contribution in [-0.4, -0.2) is 20.2 Å². The molecule has 1 fully saturated rings. The summed E-state index contributed by atoms with van der Waals surface area (Å²) in [7, 11) is 0. The van der Waals surface area contributed by atoms with Gasteiger partial charge >= 0.3 is 0 Å². The summed E-state index contributed by atoms with van der Waals surface area (Å²) in [6.07, 6.45) is 4.96. The Morgan fingerprint density at radius 1 is 1.24 bits per heavy atom. The second kappa shape index (κ2) is 5.67. The van der Waals surface area contributed by atoms with Gasteiger partial charge in [-0.1, -0.05) is 26.7 Å². The third-order valence-electron chi connectivity index (χ3n) is 2.98. The minimum atomic E-state index is 0.376. The molecule has 0 unspecified atom stereocenters. The van der Waals surface area contributed by atoms with Crippen LogP contribution in [0.3, 0.4) is 0 Å². The summed E-state index contributed by atoms with van der Waals surface area (Å²) in [6, 6.07) is 0. The van der Waals surface area contributed by atoms with E-state index in [4.69, 9.17) is 5.73 Å². The van der Waals surface area contributed by atoms with Gasteiger partial charge in [-0.3, -0.25) is 0 Å². The first-order valence-electron chi connectivity index (χ1n) is 6.27. The van der Waals surface area contributed by atoms with Crippen molar-refractivity contribution in [2.24, 2.45) is 0 Å². The van der Waals surface area contributed by atoms with Gasteiger partial charge in [0.05, 0.1) is 5.75 Å². The Hall–Kier alpha value is -0.840. The molecule has 2 N–H and O–H groups in total. The average molecular weight is 252 g/mol. The molecule has 0 atom stereocenters. The number of nitrogens with zero attached hydrogens (tertiary/aromatic N) is 3. The van der Waals surface area contributed by atoms with Gasteiger partial charge in [0.15, 0.2) is 0 Å². The van der Waals surface area contributed by atoms with E-state index in [1.54, 1.807) is 0 Å². The number of hydrogen-bond donors (Lipinski definition) is 1. The van der Waals surface area contributed by atoms with Gasteiger partial charge in [-0.15, -0.1) is 0 Å². The standard InChI is InChI=1S/C12H20N4S/c1-8(2)17-7-10-14-11(16-12(13)15-10)9-5-3-4-6-9/h8-9H,3-7H2,1-2H3,(H2,13,14,15,16). The van der Waals surface area contributed by atoms with E-state index < -0.39 is 0 Å². The molecule has 5 heteroatoms. The lowest BCUT2D eigenvalue weighted by atomic mass is 10.1. The molecule has 0 radical (unpaired) electrons. The molecule has 1 aliphatic rings. The summed E-state index contributed by atoms with van der Waals surface area (Å²) in [5.41, 5.74) is 5.76. The number of aromatic nitrogens is 3. The first-order valence-corrected chi connectivity index (χ1v) is 7.32. The Labute approximate surface area is 107 Å². The summed E-state index contributed by atoms with van der Waals surface area (Å²) < 4.78 is 0. The van der Waals surface area contributed by atoms with Gasteiger partial charge in [0.1, 0.15) is 11.6 Å². The number of nitrogens with two attached hydrogens (primary N) is 1. The lowest BCUT2D eigenvalue weighted by Gasteiger charge is -2.10. The highest BCUT2D eigenvalue weighted by molar-refractivity contribution is 7.99. The highest BCUT2D eigenvalue weighted by Gasteiger charge is 2.21. The topological polar surface area (TPSA) is 64.7 Å². The van der Waals surface area contributed by atoms with Crippen molar-refractivity contribution in [2.45, 2.75) is 56.5 Å². The van der Waals surface area contributed by atoms with Gasteiger partial charge in [0.2, 0.25) is 5.95 Å². The van der Waals surface area contributed by atoms with Crippen LogP contribution in [0.5, 0.6) is 0 Å². The molecule has 0 spiro atoms. The predicted molar refractivity (Wildman–Crippen MR) is 71.9 cm³/mol. The average Bonchev–Trinajstić information content (AvgIpc) is 2.79. The van der Waals surface area contributed by atoms with Crippen LogP contribution in [0.25, 0.3) is 0 Å². The minimum Gasteiger partial charge on any atom is -0.368 e. The van der Waals surface area contributed by atoms with Crippen LogP contribution in [-0.2, 0) is 5.75 Å². The number of thioether (sulfide) groups is 1. The van der Waals surface area contributed by atoms with Crippen molar-refractivity contribution >= 4 is 17.7 Å². The maximum Gasteiger partial charge on any atom is 0.223 e. The molecule has 1 aliphatic carbocycles. The van der Waals surface area contributed by atoms with Gasteiger partial charge in [0, 0.05) is 5.92 Å². The van der Waals surface area contributed by atoms with Crippen LogP contribution in [0.1, 0.15) is 57.1 Å². The Morgan fingerprint density at radius 3 is 2.59 bits per heavy atom. The predicted octanol–water partition coefficient (Wildman–Crippen LogP) is 2.75. The van der Waals surface area contributed by atoms with Crippen molar-refractivity contribution in [2.75, 3.05) is 5.73 Å². The first kappa shape index (κ1) is 12.6. The van der Waals surface area contributed by atoms with Gasteiger partial charge < -0.3 is 5.73 Å². The quantitative estimate of drug-likeness (QED) is 0.892. The largest absolute Gasteiger partial charge is 0.368 e. The lowest BCUT2D eigenvalue weighted by Crippen LogP contribution is -2.09. The van der Waals surface area contributed by atoms with E-state index in [9.17, 15) is 0 Å². The molecule has 4 nitrogen and oxygen atoms in total. The van der Waals surface area contributed by atoms with Crippen LogP contribution in [0.4, 0.5) is 5.95 Å². The van der Waals surface area contributed by atoms with Crippen molar-refractivity contribution in [1.82, 2.24) is 15.0 Å². The minimum absolute atomic E-state index is 0.376. The number of rotatable bonds is 4. The molecule has 0 saturated heterocycles. The zero-order valence-electron chi connectivity index (χ0n) is 10.5. The first-order chi connectivity index (χ1) is 8.15. The van der Waals surface area contributed by atoms with E-state index in [0.717, 1.165) is 17.4 Å². The third kappa shape index (κ3) is 3.56. The normalized spacial score (nSPS) is 16.9. The van der Waals surface area contributed by atoms with Crippen LogP contribution < -0.4 is 5.73 Å². The molecule has 0 amide bonds. The summed E-state index contributed by atoms with van der Waals surface area (Å²) in [5, 5.41) is 0.586. The van der Waals surface area contributed by atoms with Crippen LogP contribution >= 0.6 is 11.8 Å². The van der Waals surface area contributed by atoms with E-state index in [0.29, 0.717) is 17.1 Å². The summed E-state index contributed by atoms with van der Waals surface area (Å²) in [6.45, 7) is 4.35. The van der Waals surface area contributed by atoms with Crippen LogP contribution in [0.15, 0.2) is 0 Å². The van der Waals surface area contributed by atoms with Gasteiger partial charge in [-0.2, -0.15) is 21.7 Å². The maximum atomic E-state index is 5.76. The zero-order chi connectivity index (χ0) is 12.3. The highest BCUT2D eigenvalue weighted by Crippen LogP contribution is 2.32. The Bertz CT molecular complexity index is 375. The monoisotopic (exact) mass is 252 g/mol. The zero-order valence-corrected chi connectivity index (χ0v) is 11.3. The summed E-state index contributed by atoms with van der Waals surface area (Å²) in [4.78, 5) is 13.1. The van der Waals surface area contributed by atoms with E-state index >= 15 is 0 Å². The van der Waals surface area contributed by atoms with Crippen LogP contribution in [0, 0.1) is 0 Å². The molecular formula is C12H20N4S. The fraction of sp³-hybridized carbons (Fsp3) is 0.750. The van der Waals surface area contributed by atoms with Crippen molar-refractivity contribution in [3.63, 3.8) is 0 Å². The van der Waals surface area contributed by atoms with Crippen molar-refractivity contribution < 1.29 is 0 Å². The maximum absolute atomic E-state index is 5.76. The molecular weight excluding hydrogens is 232 g/mol. The van der Waals surface area contributed by atoms with Gasteiger partial charge in [-0.05, 0) is 18.1 Å². The van der Waals surface area contributed by atoms with E-state index in [1.807, 2.05) is 11.8 Å². The van der Waals surface area contributed by atoms with E-state index in [-0.39, 0.29) is 0 Å². The molecule has 0 aliphatic heterocycles. The van der Waals surface area contributed by atoms with Gasteiger partial charge in [-0.25, -0.2) is 4.98 Å². The van der Waals surface area contributed by atoms with Crippen molar-refractivity contribution in [3.8, 4) is 0 Å². The number of anilines is 1. The Morgan fingerprint density at radius 2 is 1.94 bits per heavy atom. The summed E-state index contributed by atoms with van der Waals surface area (Å²) in [5.74, 6) is 3.45. The van der Waals surface area contributed by atoms with Crippen molar-refractivity contribution in [1.29, 1.82) is 0 Å². The van der Waals surface area contributed by atoms with Crippen molar-refractivity contribution in [3.05, 3.63) is 11.6 Å². The number of hydrogen-bond acceptors (Lipinski definition) is 5. The Balaban J connectivity index is 2.11. The smallest absolute Gasteiger partial charge is 0.223 e.